The van der Waals surface area contributed by atoms with Crippen LogP contribution in [0.1, 0.15) is 114 Å². The normalized spacial score (nSPS) is 31.2. The molecule has 0 aliphatic heterocycles. The van der Waals surface area contributed by atoms with Crippen LogP contribution in [0.5, 0.6) is 0 Å². The van der Waals surface area contributed by atoms with Crippen molar-refractivity contribution in [2.75, 3.05) is 0 Å². The van der Waals surface area contributed by atoms with Gasteiger partial charge in [-0.1, -0.05) is 81.9 Å². The number of aryl methyl sites for hydroxylation is 2. The summed E-state index contributed by atoms with van der Waals surface area (Å²) in [6, 6.07) is 3.41. The smallest absolute Gasteiger partial charge is 0.162 e. The average molecular weight is 497 g/mol. The SMILES string of the molecule is CCCCCC1CCC(C2C=CC(C3CCC(/C=C/CCc4ccc(C)c(F)c4F)CC3)CC2)CC1. The van der Waals surface area contributed by atoms with E-state index in [-0.39, 0.29) is 0 Å². The number of allylic oxidation sites excluding steroid dienone is 4. The molecule has 0 bridgehead atoms. The number of rotatable bonds is 10. The monoisotopic (exact) mass is 496 g/mol. The molecule has 0 N–H and O–H groups in total. The molecule has 3 aliphatic carbocycles. The molecule has 0 spiro atoms. The minimum absolute atomic E-state index is 0.382. The van der Waals surface area contributed by atoms with Crippen LogP contribution in [0.2, 0.25) is 0 Å². The van der Waals surface area contributed by atoms with Crippen molar-refractivity contribution in [3.05, 3.63) is 59.2 Å². The number of halogens is 2. The molecule has 2 saturated carbocycles. The molecule has 0 saturated heterocycles. The van der Waals surface area contributed by atoms with E-state index in [0.717, 1.165) is 36.0 Å². The highest BCUT2D eigenvalue weighted by molar-refractivity contribution is 5.25. The van der Waals surface area contributed by atoms with Gasteiger partial charge in [-0.3, -0.25) is 0 Å². The first kappa shape index (κ1) is 27.6. The summed E-state index contributed by atoms with van der Waals surface area (Å²) in [4.78, 5) is 0. The van der Waals surface area contributed by atoms with Gasteiger partial charge in [0.2, 0.25) is 0 Å². The van der Waals surface area contributed by atoms with Gasteiger partial charge in [-0.25, -0.2) is 8.78 Å². The lowest BCUT2D eigenvalue weighted by Crippen LogP contribution is -2.26. The fourth-order valence-corrected chi connectivity index (χ4v) is 7.41. The molecular formula is C34H50F2. The standard InChI is InChI=1S/C34H50F2/c1-3-4-5-8-26-12-17-28(18-13-26)30-21-23-31(24-22-30)29-19-14-27(15-20-29)9-6-7-10-32-16-11-25(2)33(35)34(32)36/h6,9,11,16,21,23,26-31H,3-5,7-8,10,12-15,17-20,22,24H2,1-2H3/b9-6+. The second-order valence-electron chi connectivity index (χ2n) is 12.4. The Hall–Kier alpha value is -1.44. The van der Waals surface area contributed by atoms with Gasteiger partial charge in [-0.05, 0) is 118 Å². The van der Waals surface area contributed by atoms with E-state index in [1.54, 1.807) is 19.1 Å². The van der Waals surface area contributed by atoms with Gasteiger partial charge >= 0.3 is 0 Å². The Bertz CT molecular complexity index is 852. The predicted molar refractivity (Wildman–Crippen MR) is 149 cm³/mol. The van der Waals surface area contributed by atoms with Gasteiger partial charge in [-0.15, -0.1) is 0 Å². The van der Waals surface area contributed by atoms with E-state index in [2.05, 4.69) is 31.2 Å². The number of benzene rings is 1. The third kappa shape index (κ3) is 7.55. The first-order valence-electron chi connectivity index (χ1n) is 15.3. The van der Waals surface area contributed by atoms with E-state index in [1.807, 2.05) is 0 Å². The number of unbranched alkanes of at least 4 members (excludes halogenated alkanes) is 2. The van der Waals surface area contributed by atoms with E-state index in [0.29, 0.717) is 23.5 Å². The van der Waals surface area contributed by atoms with Crippen LogP contribution in [0, 0.1) is 54.1 Å². The van der Waals surface area contributed by atoms with Crippen molar-refractivity contribution < 1.29 is 8.78 Å². The van der Waals surface area contributed by atoms with E-state index >= 15 is 0 Å². The number of hydrogen-bond acceptors (Lipinski definition) is 0. The lowest BCUT2D eigenvalue weighted by atomic mass is 9.68. The van der Waals surface area contributed by atoms with Gasteiger partial charge in [0.1, 0.15) is 0 Å². The van der Waals surface area contributed by atoms with Crippen molar-refractivity contribution in [3.63, 3.8) is 0 Å². The Morgan fingerprint density at radius 3 is 2.03 bits per heavy atom. The first-order chi connectivity index (χ1) is 17.5. The Balaban J connectivity index is 1.14. The summed E-state index contributed by atoms with van der Waals surface area (Å²) in [5.74, 6) is 3.80. The molecule has 0 amide bonds. The minimum Gasteiger partial charge on any atom is -0.203 e. The van der Waals surface area contributed by atoms with Gasteiger partial charge in [0.05, 0.1) is 0 Å². The predicted octanol–water partition coefficient (Wildman–Crippen LogP) is 10.5. The third-order valence-corrected chi connectivity index (χ3v) is 9.92. The Labute approximate surface area is 220 Å². The second-order valence-corrected chi connectivity index (χ2v) is 12.4. The van der Waals surface area contributed by atoms with Crippen LogP contribution in [0.15, 0.2) is 36.4 Å². The minimum atomic E-state index is -0.692. The molecule has 0 heterocycles. The van der Waals surface area contributed by atoms with E-state index in [1.165, 1.54) is 89.9 Å². The largest absolute Gasteiger partial charge is 0.203 e. The molecule has 200 valence electrons. The number of hydrogen-bond donors (Lipinski definition) is 0. The fraction of sp³-hybridized carbons (Fsp3) is 0.706. The molecule has 2 heteroatoms. The summed E-state index contributed by atoms with van der Waals surface area (Å²) in [7, 11) is 0. The third-order valence-electron chi connectivity index (χ3n) is 9.92. The Morgan fingerprint density at radius 2 is 1.42 bits per heavy atom. The summed E-state index contributed by atoms with van der Waals surface area (Å²) in [6.45, 7) is 3.92. The molecule has 2 unspecified atom stereocenters. The molecule has 1 aromatic rings. The molecule has 2 fully saturated rings. The molecule has 0 nitrogen and oxygen atoms in total. The van der Waals surface area contributed by atoms with Crippen LogP contribution in [-0.2, 0) is 6.42 Å². The molecule has 4 rings (SSSR count). The van der Waals surface area contributed by atoms with Crippen molar-refractivity contribution in [2.24, 2.45) is 35.5 Å². The highest BCUT2D eigenvalue weighted by Crippen LogP contribution is 2.43. The highest BCUT2D eigenvalue weighted by atomic mass is 19.2. The first-order valence-corrected chi connectivity index (χ1v) is 15.3. The molecule has 0 aromatic heterocycles. The summed E-state index contributed by atoms with van der Waals surface area (Å²) in [5, 5.41) is 0. The van der Waals surface area contributed by atoms with Gasteiger partial charge < -0.3 is 0 Å². The topological polar surface area (TPSA) is 0 Å². The maximum Gasteiger partial charge on any atom is 0.162 e. The van der Waals surface area contributed by atoms with Gasteiger partial charge in [0.25, 0.3) is 0 Å². The van der Waals surface area contributed by atoms with Crippen molar-refractivity contribution in [3.8, 4) is 0 Å². The molecule has 36 heavy (non-hydrogen) atoms. The zero-order chi connectivity index (χ0) is 25.3. The summed E-state index contributed by atoms with van der Waals surface area (Å²) in [5.41, 5.74) is 0.876. The second kappa shape index (κ2) is 13.9. The summed E-state index contributed by atoms with van der Waals surface area (Å²) in [6.07, 6.45) is 30.8. The zero-order valence-corrected chi connectivity index (χ0v) is 23.0. The van der Waals surface area contributed by atoms with Crippen LogP contribution in [0.3, 0.4) is 0 Å². The quantitative estimate of drug-likeness (QED) is 0.223. The zero-order valence-electron chi connectivity index (χ0n) is 23.0. The molecule has 2 atom stereocenters. The van der Waals surface area contributed by atoms with Gasteiger partial charge in [-0.2, -0.15) is 0 Å². The van der Waals surface area contributed by atoms with E-state index in [4.69, 9.17) is 0 Å². The van der Waals surface area contributed by atoms with Crippen molar-refractivity contribution in [1.82, 2.24) is 0 Å². The van der Waals surface area contributed by atoms with Crippen LogP contribution in [-0.4, -0.2) is 0 Å². The van der Waals surface area contributed by atoms with E-state index < -0.39 is 11.6 Å². The van der Waals surface area contributed by atoms with Crippen molar-refractivity contribution in [1.29, 1.82) is 0 Å². The maximum atomic E-state index is 14.1. The Kier molecular flexibility index (Phi) is 10.7. The van der Waals surface area contributed by atoms with Crippen molar-refractivity contribution >= 4 is 0 Å². The maximum absolute atomic E-state index is 14.1. The molecule has 0 radical (unpaired) electrons. The summed E-state index contributed by atoms with van der Waals surface area (Å²) < 4.78 is 27.8. The Morgan fingerprint density at radius 1 is 0.778 bits per heavy atom. The lowest BCUT2D eigenvalue weighted by molar-refractivity contribution is 0.184. The molecular weight excluding hydrogens is 446 g/mol. The van der Waals surface area contributed by atoms with Crippen LogP contribution in [0.4, 0.5) is 8.78 Å². The van der Waals surface area contributed by atoms with E-state index in [9.17, 15) is 8.78 Å². The summed E-state index contributed by atoms with van der Waals surface area (Å²) >= 11 is 0. The lowest BCUT2D eigenvalue weighted by Gasteiger charge is -2.38. The van der Waals surface area contributed by atoms with Crippen LogP contribution >= 0.6 is 0 Å². The van der Waals surface area contributed by atoms with Crippen LogP contribution < -0.4 is 0 Å². The fourth-order valence-electron chi connectivity index (χ4n) is 7.41. The average Bonchev–Trinajstić information content (AvgIpc) is 2.92. The molecule has 1 aromatic carbocycles. The highest BCUT2D eigenvalue weighted by Gasteiger charge is 2.31. The molecule has 3 aliphatic rings. The van der Waals surface area contributed by atoms with Crippen molar-refractivity contribution in [2.45, 2.75) is 117 Å². The van der Waals surface area contributed by atoms with Crippen LogP contribution in [0.25, 0.3) is 0 Å². The van der Waals surface area contributed by atoms with Gasteiger partial charge in [0.15, 0.2) is 11.6 Å². The van der Waals surface area contributed by atoms with Gasteiger partial charge in [0, 0.05) is 0 Å².